The molecule has 2 aromatic carbocycles. The summed E-state index contributed by atoms with van der Waals surface area (Å²) in [5.74, 6) is -0.0431. The van der Waals surface area contributed by atoms with E-state index in [1.807, 2.05) is 73.1 Å². The highest BCUT2D eigenvalue weighted by Crippen LogP contribution is 2.35. The van der Waals surface area contributed by atoms with Gasteiger partial charge in [0.05, 0.1) is 35.1 Å². The number of nitrogens with one attached hydrogen (secondary N) is 3. The number of hydrogen-bond acceptors (Lipinski definition) is 2. The van der Waals surface area contributed by atoms with Crippen molar-refractivity contribution in [3.8, 4) is 12.1 Å². The van der Waals surface area contributed by atoms with Gasteiger partial charge in [-0.2, -0.15) is 10.5 Å². The van der Waals surface area contributed by atoms with Gasteiger partial charge >= 0.3 is 0 Å². The van der Waals surface area contributed by atoms with Gasteiger partial charge in [0.2, 0.25) is 0 Å². The van der Waals surface area contributed by atoms with Crippen LogP contribution in [0, 0.1) is 22.7 Å². The number of hydrogen-bond donors (Lipinski definition) is 3. The Morgan fingerprint density at radius 3 is 1.27 bits per heavy atom. The second-order valence-electron chi connectivity index (χ2n) is 7.95. The highest BCUT2D eigenvalue weighted by molar-refractivity contribution is 5.45. The fourth-order valence-electron chi connectivity index (χ4n) is 4.37. The van der Waals surface area contributed by atoms with E-state index in [0.29, 0.717) is 11.1 Å². The predicted octanol–water partition coefficient (Wildman–Crippen LogP) is 5.77. The van der Waals surface area contributed by atoms with Gasteiger partial charge in [-0.1, -0.05) is 24.3 Å². The summed E-state index contributed by atoms with van der Waals surface area (Å²) in [6.45, 7) is 0. The summed E-state index contributed by atoms with van der Waals surface area (Å²) < 4.78 is 0. The van der Waals surface area contributed by atoms with Crippen molar-refractivity contribution in [2.75, 3.05) is 0 Å². The number of H-pyrrole nitrogens is 3. The van der Waals surface area contributed by atoms with Crippen LogP contribution in [0.15, 0.2) is 97.3 Å². The first-order chi connectivity index (χ1) is 16.3. The summed E-state index contributed by atoms with van der Waals surface area (Å²) in [5, 5.41) is 18.4. The standard InChI is InChI=1S/C28H21N5/c29-17-19-5-9-21(10-6-19)27(23-3-1-15-31-23)25-13-14-26(33-25)28(24-4-2-16-32-24)22-11-7-20(18-30)8-12-22/h1-16,27-28,31-33H. The molecule has 2 atom stereocenters. The Kier molecular flexibility index (Phi) is 5.37. The van der Waals surface area contributed by atoms with E-state index in [0.717, 1.165) is 33.9 Å². The third-order valence-corrected chi connectivity index (χ3v) is 5.97. The molecule has 0 bridgehead atoms. The summed E-state index contributed by atoms with van der Waals surface area (Å²) in [5.41, 5.74) is 7.74. The van der Waals surface area contributed by atoms with E-state index in [1.165, 1.54) is 0 Å². The zero-order valence-corrected chi connectivity index (χ0v) is 17.8. The van der Waals surface area contributed by atoms with Gasteiger partial charge in [0.25, 0.3) is 0 Å². The Hall–Kier alpha value is -4.74. The van der Waals surface area contributed by atoms with Crippen molar-refractivity contribution in [1.82, 2.24) is 15.0 Å². The van der Waals surface area contributed by atoms with Crippen LogP contribution in [0.25, 0.3) is 0 Å². The molecule has 0 fully saturated rings. The van der Waals surface area contributed by atoms with Crippen LogP contribution in [0.4, 0.5) is 0 Å². The highest BCUT2D eigenvalue weighted by atomic mass is 14.8. The highest BCUT2D eigenvalue weighted by Gasteiger charge is 2.23. The molecule has 5 nitrogen and oxygen atoms in total. The van der Waals surface area contributed by atoms with Crippen molar-refractivity contribution >= 4 is 0 Å². The summed E-state index contributed by atoms with van der Waals surface area (Å²) in [6.07, 6.45) is 3.85. The molecule has 0 spiro atoms. The monoisotopic (exact) mass is 427 g/mol. The van der Waals surface area contributed by atoms with Gasteiger partial charge in [-0.3, -0.25) is 0 Å². The minimum atomic E-state index is -0.0215. The number of rotatable bonds is 6. The zero-order chi connectivity index (χ0) is 22.6. The van der Waals surface area contributed by atoms with Crippen LogP contribution < -0.4 is 0 Å². The van der Waals surface area contributed by atoms with E-state index in [9.17, 15) is 10.5 Å². The molecule has 0 aliphatic carbocycles. The van der Waals surface area contributed by atoms with Crippen LogP contribution in [0.1, 0.15) is 56.9 Å². The van der Waals surface area contributed by atoms with Crippen molar-refractivity contribution < 1.29 is 0 Å². The van der Waals surface area contributed by atoms with Gasteiger partial charge in [-0.25, -0.2) is 0 Å². The van der Waals surface area contributed by atoms with Crippen molar-refractivity contribution in [2.24, 2.45) is 0 Å². The van der Waals surface area contributed by atoms with Gasteiger partial charge in [-0.05, 0) is 71.8 Å². The normalized spacial score (nSPS) is 12.5. The molecule has 33 heavy (non-hydrogen) atoms. The number of nitriles is 2. The molecule has 5 aromatic rings. The first kappa shape index (κ1) is 20.2. The Labute approximate surface area is 192 Å². The average Bonchev–Trinajstić information content (AvgIpc) is 3.65. The third-order valence-electron chi connectivity index (χ3n) is 5.97. The molecule has 0 radical (unpaired) electrons. The number of aromatic nitrogens is 3. The first-order valence-corrected chi connectivity index (χ1v) is 10.7. The van der Waals surface area contributed by atoms with Gasteiger partial charge in [0, 0.05) is 35.2 Å². The quantitative estimate of drug-likeness (QED) is 0.320. The number of nitrogens with zero attached hydrogens (tertiary/aromatic N) is 2. The molecule has 0 amide bonds. The smallest absolute Gasteiger partial charge is 0.0991 e. The van der Waals surface area contributed by atoms with Crippen LogP contribution in [0.2, 0.25) is 0 Å². The van der Waals surface area contributed by atoms with E-state index in [2.05, 4.69) is 51.4 Å². The fourth-order valence-corrected chi connectivity index (χ4v) is 4.37. The molecule has 5 heteroatoms. The lowest BCUT2D eigenvalue weighted by Gasteiger charge is -2.18. The van der Waals surface area contributed by atoms with Gasteiger partial charge in [0.1, 0.15) is 0 Å². The summed E-state index contributed by atoms with van der Waals surface area (Å²) in [6, 6.07) is 32.2. The lowest BCUT2D eigenvalue weighted by molar-refractivity contribution is 0.851. The second-order valence-corrected chi connectivity index (χ2v) is 7.95. The molecule has 3 N–H and O–H groups in total. The minimum Gasteiger partial charge on any atom is -0.364 e. The Morgan fingerprint density at radius 1 is 0.515 bits per heavy atom. The molecule has 0 saturated carbocycles. The van der Waals surface area contributed by atoms with Gasteiger partial charge in [-0.15, -0.1) is 0 Å². The maximum atomic E-state index is 9.18. The van der Waals surface area contributed by atoms with Crippen LogP contribution in [-0.2, 0) is 0 Å². The molecule has 158 valence electrons. The molecular weight excluding hydrogens is 406 g/mol. The fraction of sp³-hybridized carbons (Fsp3) is 0.0714. The summed E-state index contributed by atoms with van der Waals surface area (Å²) in [7, 11) is 0. The SMILES string of the molecule is N#Cc1ccc(C(c2ccc[nH]2)c2ccc(C(c3ccc(C#N)cc3)c3ccc[nH]3)[nH]2)cc1. The van der Waals surface area contributed by atoms with Crippen molar-refractivity contribution in [2.45, 2.75) is 11.8 Å². The Balaban J connectivity index is 1.58. The minimum absolute atomic E-state index is 0.0215. The molecule has 0 aliphatic heterocycles. The topological polar surface area (TPSA) is 94.9 Å². The molecule has 0 aliphatic rings. The summed E-state index contributed by atoms with van der Waals surface area (Å²) in [4.78, 5) is 10.4. The summed E-state index contributed by atoms with van der Waals surface area (Å²) >= 11 is 0. The van der Waals surface area contributed by atoms with Crippen molar-refractivity contribution in [1.29, 1.82) is 10.5 Å². The maximum Gasteiger partial charge on any atom is 0.0991 e. The van der Waals surface area contributed by atoms with E-state index in [4.69, 9.17) is 0 Å². The van der Waals surface area contributed by atoms with E-state index in [1.54, 1.807) is 0 Å². The molecule has 2 unspecified atom stereocenters. The third kappa shape index (κ3) is 3.96. The second kappa shape index (κ2) is 8.78. The van der Waals surface area contributed by atoms with Crippen LogP contribution >= 0.6 is 0 Å². The van der Waals surface area contributed by atoms with Crippen molar-refractivity contribution in [3.05, 3.63) is 142 Å². The van der Waals surface area contributed by atoms with Crippen molar-refractivity contribution in [3.63, 3.8) is 0 Å². The van der Waals surface area contributed by atoms with Crippen LogP contribution in [0.5, 0.6) is 0 Å². The Morgan fingerprint density at radius 2 is 0.939 bits per heavy atom. The van der Waals surface area contributed by atoms with E-state index in [-0.39, 0.29) is 11.8 Å². The lowest BCUT2D eigenvalue weighted by Crippen LogP contribution is -2.07. The van der Waals surface area contributed by atoms with Gasteiger partial charge in [0.15, 0.2) is 0 Å². The largest absolute Gasteiger partial charge is 0.364 e. The predicted molar refractivity (Wildman–Crippen MR) is 127 cm³/mol. The van der Waals surface area contributed by atoms with E-state index < -0.39 is 0 Å². The molecule has 3 aromatic heterocycles. The van der Waals surface area contributed by atoms with Crippen LogP contribution in [0.3, 0.4) is 0 Å². The van der Waals surface area contributed by atoms with Crippen LogP contribution in [-0.4, -0.2) is 15.0 Å². The van der Waals surface area contributed by atoms with Gasteiger partial charge < -0.3 is 15.0 Å². The van der Waals surface area contributed by atoms with E-state index >= 15 is 0 Å². The number of aromatic amines is 3. The first-order valence-electron chi connectivity index (χ1n) is 10.7. The molecular formula is C28H21N5. The molecule has 0 saturated heterocycles. The number of benzene rings is 2. The molecule has 3 heterocycles. The Bertz CT molecular complexity index is 1300. The zero-order valence-electron chi connectivity index (χ0n) is 17.8. The lowest BCUT2D eigenvalue weighted by atomic mass is 9.92. The average molecular weight is 428 g/mol. The molecule has 5 rings (SSSR count). The maximum absolute atomic E-state index is 9.18.